The maximum atomic E-state index is 11.5. The summed E-state index contributed by atoms with van der Waals surface area (Å²) < 4.78 is 5.19. The first-order valence-electron chi connectivity index (χ1n) is 6.11. The Morgan fingerprint density at radius 3 is 2.39 bits per heavy atom. The Kier molecular flexibility index (Phi) is 5.16. The van der Waals surface area contributed by atoms with Crippen LogP contribution < -0.4 is 10.6 Å². The van der Waals surface area contributed by atoms with Crippen molar-refractivity contribution >= 4 is 6.09 Å². The number of alkyl carbamates (subject to hydrolysis) is 1. The zero-order valence-corrected chi connectivity index (χ0v) is 11.5. The fraction of sp³-hybridized carbons (Fsp3) is 0.500. The molecular weight excluding hydrogens is 228 g/mol. The molecule has 1 aromatic carbocycles. The van der Waals surface area contributed by atoms with Gasteiger partial charge in [0, 0.05) is 12.6 Å². The van der Waals surface area contributed by atoms with Crippen LogP contribution in [0.5, 0.6) is 0 Å². The summed E-state index contributed by atoms with van der Waals surface area (Å²) in [5.41, 5.74) is 0.669. The van der Waals surface area contributed by atoms with Gasteiger partial charge in [-0.1, -0.05) is 30.3 Å². The van der Waals surface area contributed by atoms with Crippen LogP contribution >= 0.6 is 0 Å². The molecule has 1 rings (SSSR count). The number of amides is 1. The van der Waals surface area contributed by atoms with Crippen molar-refractivity contribution in [2.24, 2.45) is 0 Å². The van der Waals surface area contributed by atoms with Gasteiger partial charge in [0.15, 0.2) is 0 Å². The number of carbonyl (C=O) groups excluding carboxylic acids is 1. The number of benzene rings is 1. The van der Waals surface area contributed by atoms with Crippen molar-refractivity contribution in [2.75, 3.05) is 13.6 Å². The van der Waals surface area contributed by atoms with E-state index in [1.54, 1.807) is 0 Å². The van der Waals surface area contributed by atoms with Crippen molar-refractivity contribution in [1.29, 1.82) is 0 Å². The maximum Gasteiger partial charge on any atom is 0.407 e. The van der Waals surface area contributed by atoms with E-state index in [0.29, 0.717) is 6.54 Å². The molecule has 0 aliphatic heterocycles. The van der Waals surface area contributed by atoms with E-state index in [-0.39, 0.29) is 6.04 Å². The van der Waals surface area contributed by atoms with Gasteiger partial charge in [-0.05, 0) is 33.4 Å². The summed E-state index contributed by atoms with van der Waals surface area (Å²) in [4.78, 5) is 11.5. The van der Waals surface area contributed by atoms with Gasteiger partial charge in [0.2, 0.25) is 0 Å². The van der Waals surface area contributed by atoms with Crippen molar-refractivity contribution < 1.29 is 9.53 Å². The highest BCUT2D eigenvalue weighted by molar-refractivity contribution is 5.67. The van der Waals surface area contributed by atoms with Gasteiger partial charge in [-0.3, -0.25) is 0 Å². The van der Waals surface area contributed by atoms with Gasteiger partial charge in [0.1, 0.15) is 5.60 Å². The van der Waals surface area contributed by atoms with Gasteiger partial charge in [-0.25, -0.2) is 4.79 Å². The molecule has 0 fully saturated rings. The van der Waals surface area contributed by atoms with E-state index < -0.39 is 11.7 Å². The number of ether oxygens (including phenoxy) is 1. The van der Waals surface area contributed by atoms with Gasteiger partial charge in [0.25, 0.3) is 0 Å². The lowest BCUT2D eigenvalue weighted by Crippen LogP contribution is -2.37. The normalized spacial score (nSPS) is 12.9. The molecule has 2 N–H and O–H groups in total. The summed E-state index contributed by atoms with van der Waals surface area (Å²) in [5.74, 6) is 0. The highest BCUT2D eigenvalue weighted by Gasteiger charge is 2.17. The zero-order chi connectivity index (χ0) is 13.6. The largest absolute Gasteiger partial charge is 0.444 e. The summed E-state index contributed by atoms with van der Waals surface area (Å²) in [5, 5.41) is 5.93. The van der Waals surface area contributed by atoms with Crippen molar-refractivity contribution in [3.8, 4) is 0 Å². The van der Waals surface area contributed by atoms with Crippen molar-refractivity contribution in [3.05, 3.63) is 35.9 Å². The standard InChI is InChI=1S/C14H22N2O2/c1-14(2,3)18-13(17)16-10-12(15-4)11-8-6-5-7-9-11/h5-9,12,15H,10H2,1-4H3,(H,16,17). The number of likely N-dealkylation sites (N-methyl/N-ethyl adjacent to an activating group) is 1. The Bertz CT molecular complexity index is 371. The van der Waals surface area contributed by atoms with Crippen molar-refractivity contribution in [3.63, 3.8) is 0 Å². The molecule has 0 aromatic heterocycles. The molecule has 0 saturated carbocycles. The Morgan fingerprint density at radius 1 is 1.28 bits per heavy atom. The minimum Gasteiger partial charge on any atom is -0.444 e. The van der Waals surface area contributed by atoms with Gasteiger partial charge in [-0.2, -0.15) is 0 Å². The third kappa shape index (κ3) is 5.19. The van der Waals surface area contributed by atoms with Crippen LogP contribution in [0.3, 0.4) is 0 Å². The molecular formula is C14H22N2O2. The number of rotatable bonds is 4. The topological polar surface area (TPSA) is 50.4 Å². The molecule has 0 aliphatic rings. The van der Waals surface area contributed by atoms with E-state index in [9.17, 15) is 4.79 Å². The van der Waals surface area contributed by atoms with E-state index in [4.69, 9.17) is 4.74 Å². The monoisotopic (exact) mass is 250 g/mol. The van der Waals surface area contributed by atoms with Crippen LogP contribution in [0.15, 0.2) is 30.3 Å². The van der Waals surface area contributed by atoms with Crippen molar-refractivity contribution in [1.82, 2.24) is 10.6 Å². The smallest absolute Gasteiger partial charge is 0.407 e. The lowest BCUT2D eigenvalue weighted by atomic mass is 10.1. The molecule has 18 heavy (non-hydrogen) atoms. The number of nitrogens with one attached hydrogen (secondary N) is 2. The first kappa shape index (κ1) is 14.5. The van der Waals surface area contributed by atoms with Crippen LogP contribution in [-0.4, -0.2) is 25.3 Å². The molecule has 0 bridgehead atoms. The van der Waals surface area contributed by atoms with E-state index >= 15 is 0 Å². The second kappa shape index (κ2) is 6.40. The van der Waals surface area contributed by atoms with Crippen LogP contribution in [-0.2, 0) is 4.74 Å². The highest BCUT2D eigenvalue weighted by Crippen LogP contribution is 2.11. The highest BCUT2D eigenvalue weighted by atomic mass is 16.6. The SMILES string of the molecule is CNC(CNC(=O)OC(C)(C)C)c1ccccc1. The van der Waals surface area contributed by atoms with E-state index in [0.717, 1.165) is 5.56 Å². The summed E-state index contributed by atoms with van der Waals surface area (Å²) in [6.07, 6.45) is -0.390. The quantitative estimate of drug-likeness (QED) is 0.863. The Morgan fingerprint density at radius 2 is 1.89 bits per heavy atom. The van der Waals surface area contributed by atoms with Crippen LogP contribution in [0.25, 0.3) is 0 Å². The van der Waals surface area contributed by atoms with Crippen LogP contribution in [0.4, 0.5) is 4.79 Å². The number of hydrogen-bond acceptors (Lipinski definition) is 3. The Balaban J connectivity index is 2.48. The predicted molar refractivity (Wildman–Crippen MR) is 72.5 cm³/mol. The molecule has 0 spiro atoms. The summed E-state index contributed by atoms with van der Waals surface area (Å²) in [6, 6.07) is 10.1. The predicted octanol–water partition coefficient (Wildman–Crippen LogP) is 2.47. The van der Waals surface area contributed by atoms with Crippen LogP contribution in [0.2, 0.25) is 0 Å². The van der Waals surface area contributed by atoms with Crippen LogP contribution in [0, 0.1) is 0 Å². The van der Waals surface area contributed by atoms with Gasteiger partial charge in [0.05, 0.1) is 0 Å². The van der Waals surface area contributed by atoms with E-state index in [2.05, 4.69) is 10.6 Å². The molecule has 0 heterocycles. The van der Waals surface area contributed by atoms with Crippen LogP contribution in [0.1, 0.15) is 32.4 Å². The van der Waals surface area contributed by atoms with E-state index in [1.165, 1.54) is 0 Å². The Labute approximate surface area is 109 Å². The third-order valence-corrected chi connectivity index (χ3v) is 2.40. The molecule has 4 heteroatoms. The van der Waals surface area contributed by atoms with Gasteiger partial charge >= 0.3 is 6.09 Å². The van der Waals surface area contributed by atoms with E-state index in [1.807, 2.05) is 58.2 Å². The average Bonchev–Trinajstić information content (AvgIpc) is 2.29. The van der Waals surface area contributed by atoms with Crippen molar-refractivity contribution in [2.45, 2.75) is 32.4 Å². The molecule has 0 aliphatic carbocycles. The molecule has 0 saturated heterocycles. The summed E-state index contributed by atoms with van der Waals surface area (Å²) in [6.45, 7) is 6.04. The number of carbonyl (C=O) groups is 1. The molecule has 1 atom stereocenters. The van der Waals surface area contributed by atoms with Gasteiger partial charge in [-0.15, -0.1) is 0 Å². The summed E-state index contributed by atoms with van der Waals surface area (Å²) in [7, 11) is 1.87. The molecule has 4 nitrogen and oxygen atoms in total. The lowest BCUT2D eigenvalue weighted by molar-refractivity contribution is 0.0523. The maximum absolute atomic E-state index is 11.5. The average molecular weight is 250 g/mol. The van der Waals surface area contributed by atoms with Gasteiger partial charge < -0.3 is 15.4 Å². The first-order valence-corrected chi connectivity index (χ1v) is 6.11. The Hall–Kier alpha value is -1.55. The minimum absolute atomic E-state index is 0.0821. The molecule has 100 valence electrons. The second-order valence-electron chi connectivity index (χ2n) is 5.13. The summed E-state index contributed by atoms with van der Waals surface area (Å²) >= 11 is 0. The molecule has 0 radical (unpaired) electrons. The molecule has 1 aromatic rings. The second-order valence-corrected chi connectivity index (χ2v) is 5.13. The first-order chi connectivity index (χ1) is 8.42. The lowest BCUT2D eigenvalue weighted by Gasteiger charge is -2.22. The zero-order valence-electron chi connectivity index (χ0n) is 11.5. The fourth-order valence-electron chi connectivity index (χ4n) is 1.57. The molecule has 1 amide bonds. The third-order valence-electron chi connectivity index (χ3n) is 2.40. The number of hydrogen-bond donors (Lipinski definition) is 2. The molecule has 1 unspecified atom stereocenters. The minimum atomic E-state index is -0.466. The fourth-order valence-corrected chi connectivity index (χ4v) is 1.57.